The van der Waals surface area contributed by atoms with Crippen molar-refractivity contribution in [3.63, 3.8) is 0 Å². The molecule has 17 heavy (non-hydrogen) atoms. The summed E-state index contributed by atoms with van der Waals surface area (Å²) in [7, 11) is 1.71. The molecule has 98 valence electrons. The second-order valence-electron chi connectivity index (χ2n) is 3.77. The Morgan fingerprint density at radius 3 is 2.71 bits per heavy atom. The van der Waals surface area contributed by atoms with Gasteiger partial charge in [0.25, 0.3) is 0 Å². The van der Waals surface area contributed by atoms with E-state index in [2.05, 4.69) is 34.2 Å². The first-order valence-electron chi connectivity index (χ1n) is 5.76. The molecule has 0 aliphatic heterocycles. The van der Waals surface area contributed by atoms with Gasteiger partial charge in [0.2, 0.25) is 0 Å². The third kappa shape index (κ3) is 6.52. The van der Waals surface area contributed by atoms with Crippen LogP contribution in [0, 0.1) is 6.92 Å². The molecule has 0 radical (unpaired) electrons. The lowest BCUT2D eigenvalue weighted by Crippen LogP contribution is -2.23. The minimum atomic E-state index is 0.752. The van der Waals surface area contributed by atoms with E-state index in [9.17, 15) is 0 Å². The van der Waals surface area contributed by atoms with Crippen LogP contribution in [0.1, 0.15) is 10.4 Å². The van der Waals surface area contributed by atoms with Gasteiger partial charge in [-0.3, -0.25) is 0 Å². The molecular formula is C12H20BrNO2S. The Labute approximate surface area is 116 Å². The highest BCUT2D eigenvalue weighted by Gasteiger charge is 2.02. The molecule has 0 aromatic carbocycles. The van der Waals surface area contributed by atoms with Crippen molar-refractivity contribution in [2.45, 2.75) is 13.3 Å². The van der Waals surface area contributed by atoms with Crippen LogP contribution in [0.4, 0.5) is 0 Å². The predicted octanol–water partition coefficient (Wildman–Crippen LogP) is 2.61. The van der Waals surface area contributed by atoms with E-state index in [4.69, 9.17) is 9.47 Å². The van der Waals surface area contributed by atoms with Crippen LogP contribution in [-0.2, 0) is 15.9 Å². The number of aryl methyl sites for hydroxylation is 1. The minimum absolute atomic E-state index is 0.752. The Bertz CT molecular complexity index is 298. The topological polar surface area (TPSA) is 30.5 Å². The molecule has 0 spiro atoms. The Hall–Kier alpha value is 0.0600. The number of nitrogens with one attached hydrogen (secondary N) is 1. The fourth-order valence-corrected chi connectivity index (χ4v) is 2.97. The summed E-state index contributed by atoms with van der Waals surface area (Å²) in [6.07, 6.45) is 0.995. The SMILES string of the molecule is COCCNCCOCCc1cc(C)c(Br)s1. The molecule has 0 bridgehead atoms. The van der Waals surface area contributed by atoms with Crippen molar-refractivity contribution in [1.29, 1.82) is 0 Å². The monoisotopic (exact) mass is 321 g/mol. The van der Waals surface area contributed by atoms with Gasteiger partial charge in [-0.2, -0.15) is 0 Å². The maximum atomic E-state index is 5.55. The maximum Gasteiger partial charge on any atom is 0.0730 e. The zero-order chi connectivity index (χ0) is 12.5. The Kier molecular flexibility index (Phi) is 8.05. The van der Waals surface area contributed by atoms with Gasteiger partial charge >= 0.3 is 0 Å². The largest absolute Gasteiger partial charge is 0.383 e. The molecule has 1 aromatic heterocycles. The van der Waals surface area contributed by atoms with E-state index in [1.807, 2.05) is 0 Å². The Morgan fingerprint density at radius 1 is 1.29 bits per heavy atom. The molecule has 0 aliphatic carbocycles. The number of rotatable bonds is 9. The lowest BCUT2D eigenvalue weighted by atomic mass is 10.3. The van der Waals surface area contributed by atoms with Crippen molar-refractivity contribution >= 4 is 27.3 Å². The zero-order valence-corrected chi connectivity index (χ0v) is 12.8. The fourth-order valence-electron chi connectivity index (χ4n) is 1.36. The summed E-state index contributed by atoms with van der Waals surface area (Å²) in [6.45, 7) is 6.19. The molecule has 1 heterocycles. The molecule has 0 saturated carbocycles. The summed E-state index contributed by atoms with van der Waals surface area (Å²) >= 11 is 5.32. The molecule has 0 fully saturated rings. The standard InChI is InChI=1S/C12H20BrNO2S/c1-10-9-11(17-12(10)13)3-6-16-8-5-14-4-7-15-2/h9,14H,3-8H2,1-2H3. The van der Waals surface area contributed by atoms with Crippen LogP contribution in [0.5, 0.6) is 0 Å². The summed E-state index contributed by atoms with van der Waals surface area (Å²) in [6, 6.07) is 2.22. The minimum Gasteiger partial charge on any atom is -0.383 e. The molecule has 1 aromatic rings. The van der Waals surface area contributed by atoms with Gasteiger partial charge in [-0.15, -0.1) is 11.3 Å². The van der Waals surface area contributed by atoms with Crippen LogP contribution in [0.15, 0.2) is 9.85 Å². The molecule has 3 nitrogen and oxygen atoms in total. The smallest absolute Gasteiger partial charge is 0.0730 e. The van der Waals surface area contributed by atoms with Gasteiger partial charge < -0.3 is 14.8 Å². The number of ether oxygens (including phenoxy) is 2. The third-order valence-electron chi connectivity index (χ3n) is 2.31. The molecule has 1 N–H and O–H groups in total. The average Bonchev–Trinajstić information content (AvgIpc) is 2.62. The summed E-state index contributed by atoms with van der Waals surface area (Å²) in [5.41, 5.74) is 1.31. The van der Waals surface area contributed by atoms with Crippen LogP contribution < -0.4 is 5.32 Å². The van der Waals surface area contributed by atoms with Gasteiger partial charge in [-0.25, -0.2) is 0 Å². The van der Waals surface area contributed by atoms with Gasteiger partial charge in [0, 0.05) is 31.5 Å². The Balaban J connectivity index is 1.97. The fraction of sp³-hybridized carbons (Fsp3) is 0.667. The van der Waals surface area contributed by atoms with E-state index in [0.717, 1.165) is 39.3 Å². The van der Waals surface area contributed by atoms with Gasteiger partial charge in [0.15, 0.2) is 0 Å². The number of methoxy groups -OCH3 is 1. The first-order chi connectivity index (χ1) is 8.24. The molecule has 0 saturated heterocycles. The normalized spacial score (nSPS) is 11.0. The highest BCUT2D eigenvalue weighted by atomic mass is 79.9. The van der Waals surface area contributed by atoms with Gasteiger partial charge in [-0.05, 0) is 34.5 Å². The number of hydrogen-bond donors (Lipinski definition) is 1. The second-order valence-corrected chi connectivity index (χ2v) is 6.23. The number of halogens is 1. The predicted molar refractivity (Wildman–Crippen MR) is 76.0 cm³/mol. The molecule has 0 aliphatic rings. The molecule has 0 atom stereocenters. The van der Waals surface area contributed by atoms with Crippen LogP contribution in [0.2, 0.25) is 0 Å². The highest BCUT2D eigenvalue weighted by Crippen LogP contribution is 2.27. The van der Waals surface area contributed by atoms with Crippen molar-refractivity contribution in [3.05, 3.63) is 20.3 Å². The molecule has 5 heteroatoms. The van der Waals surface area contributed by atoms with Crippen molar-refractivity contribution in [1.82, 2.24) is 5.32 Å². The molecule has 0 unspecified atom stereocenters. The van der Waals surface area contributed by atoms with Crippen molar-refractivity contribution in [2.75, 3.05) is 40.0 Å². The van der Waals surface area contributed by atoms with E-state index in [0.29, 0.717) is 0 Å². The lowest BCUT2D eigenvalue weighted by molar-refractivity contribution is 0.135. The van der Waals surface area contributed by atoms with Crippen molar-refractivity contribution in [2.24, 2.45) is 0 Å². The van der Waals surface area contributed by atoms with E-state index in [-0.39, 0.29) is 0 Å². The average molecular weight is 322 g/mol. The Morgan fingerprint density at radius 2 is 2.06 bits per heavy atom. The van der Waals surface area contributed by atoms with Crippen LogP contribution >= 0.6 is 27.3 Å². The van der Waals surface area contributed by atoms with Crippen LogP contribution in [0.25, 0.3) is 0 Å². The van der Waals surface area contributed by atoms with E-state index in [1.54, 1.807) is 18.4 Å². The number of hydrogen-bond acceptors (Lipinski definition) is 4. The molecule has 0 amide bonds. The maximum absolute atomic E-state index is 5.55. The van der Waals surface area contributed by atoms with E-state index >= 15 is 0 Å². The van der Waals surface area contributed by atoms with Crippen LogP contribution in [-0.4, -0.2) is 40.0 Å². The summed E-state index contributed by atoms with van der Waals surface area (Å²) < 4.78 is 11.7. The number of thiophene rings is 1. The van der Waals surface area contributed by atoms with Crippen molar-refractivity contribution < 1.29 is 9.47 Å². The third-order valence-corrected chi connectivity index (χ3v) is 4.50. The van der Waals surface area contributed by atoms with E-state index in [1.165, 1.54) is 14.2 Å². The first-order valence-corrected chi connectivity index (χ1v) is 7.37. The second kappa shape index (κ2) is 9.05. The highest BCUT2D eigenvalue weighted by molar-refractivity contribution is 9.11. The van der Waals surface area contributed by atoms with Gasteiger partial charge in [0.05, 0.1) is 23.6 Å². The van der Waals surface area contributed by atoms with Gasteiger partial charge in [-0.1, -0.05) is 0 Å². The quantitative estimate of drug-likeness (QED) is 0.709. The summed E-state index contributed by atoms with van der Waals surface area (Å²) in [5.74, 6) is 0. The first kappa shape index (κ1) is 15.1. The zero-order valence-electron chi connectivity index (χ0n) is 10.4. The lowest BCUT2D eigenvalue weighted by Gasteiger charge is -2.05. The van der Waals surface area contributed by atoms with E-state index < -0.39 is 0 Å². The molecular weight excluding hydrogens is 302 g/mol. The summed E-state index contributed by atoms with van der Waals surface area (Å²) in [5, 5.41) is 3.24. The van der Waals surface area contributed by atoms with Gasteiger partial charge in [0.1, 0.15) is 0 Å². The molecule has 1 rings (SSSR count). The summed E-state index contributed by atoms with van der Waals surface area (Å²) in [4.78, 5) is 1.38. The van der Waals surface area contributed by atoms with Crippen molar-refractivity contribution in [3.8, 4) is 0 Å². The van der Waals surface area contributed by atoms with Crippen LogP contribution in [0.3, 0.4) is 0 Å².